The van der Waals surface area contributed by atoms with Crippen LogP contribution in [0.5, 0.6) is 0 Å². The van der Waals surface area contributed by atoms with E-state index in [1.165, 1.54) is 25.1 Å². The number of aliphatic carboxylic acids is 1. The van der Waals surface area contributed by atoms with Crippen molar-refractivity contribution in [1.29, 1.82) is 0 Å². The van der Waals surface area contributed by atoms with Crippen LogP contribution in [0.25, 0.3) is 22.4 Å². The molecule has 3 N–H and O–H groups in total. The normalized spacial score (nSPS) is 10.3. The number of carbonyl (C=O) groups is 2. The van der Waals surface area contributed by atoms with Gasteiger partial charge >= 0.3 is 5.97 Å². The second kappa shape index (κ2) is 15.1. The van der Waals surface area contributed by atoms with E-state index < -0.39 is 17.6 Å². The minimum absolute atomic E-state index is 0. The van der Waals surface area contributed by atoms with E-state index in [1.54, 1.807) is 19.9 Å². The Kier molecular flexibility index (Phi) is 12.4. The molecule has 0 saturated carbocycles. The van der Waals surface area contributed by atoms with Crippen molar-refractivity contribution in [3.63, 3.8) is 0 Å². The van der Waals surface area contributed by atoms with E-state index in [0.29, 0.717) is 31.5 Å². The van der Waals surface area contributed by atoms with Crippen LogP contribution in [0, 0.1) is 32.4 Å². The van der Waals surface area contributed by atoms with Crippen molar-refractivity contribution in [2.45, 2.75) is 41.5 Å². The molecule has 0 radical (unpaired) electrons. The third kappa shape index (κ3) is 9.08. The molecular formula is C27H25Br2ClF2N6O5. The molecule has 0 unspecified atom stereocenters. The zero-order valence-electron chi connectivity index (χ0n) is 22.3. The average Bonchev–Trinajstić information content (AvgIpc) is 3.50. The Morgan fingerprint density at radius 2 is 1.53 bits per heavy atom. The van der Waals surface area contributed by atoms with Gasteiger partial charge in [-0.25, -0.2) is 13.8 Å². The number of rotatable bonds is 4. The molecule has 0 aliphatic carbocycles. The number of anilines is 1. The Balaban J connectivity index is 0.000000242. The van der Waals surface area contributed by atoms with Crippen molar-refractivity contribution in [3.8, 4) is 11.5 Å². The lowest BCUT2D eigenvalue weighted by Gasteiger charge is -2.09. The first kappa shape index (κ1) is 35.4. The number of Topliss-reactive ketones (excluding diaryl/α,β-unsaturated/α-hetero) is 1. The topological polar surface area (TPSA) is 171 Å². The number of nitrogens with zero attached hydrogens (tertiary/aromatic N) is 5. The predicted octanol–water partition coefficient (Wildman–Crippen LogP) is 7.47. The highest BCUT2D eigenvalue weighted by Crippen LogP contribution is 2.35. The van der Waals surface area contributed by atoms with E-state index in [0.717, 1.165) is 5.56 Å². The minimum atomic E-state index is -0.969. The number of carboxylic acids is 1. The molecule has 5 aromatic rings. The van der Waals surface area contributed by atoms with Gasteiger partial charge in [-0.3, -0.25) is 9.59 Å². The molecule has 11 nitrogen and oxygen atoms in total. The molecule has 0 atom stereocenters. The Morgan fingerprint density at radius 1 is 0.953 bits per heavy atom. The Morgan fingerprint density at radius 3 is 2.07 bits per heavy atom. The highest BCUT2D eigenvalue weighted by atomic mass is 79.9. The summed E-state index contributed by atoms with van der Waals surface area (Å²) in [5.41, 5.74) is 6.94. The van der Waals surface area contributed by atoms with Crippen molar-refractivity contribution in [1.82, 2.24) is 25.3 Å². The lowest BCUT2D eigenvalue weighted by atomic mass is 10.0. The monoisotopic (exact) mass is 744 g/mol. The van der Waals surface area contributed by atoms with Gasteiger partial charge in [0, 0.05) is 19.9 Å². The molecule has 0 aliphatic heterocycles. The van der Waals surface area contributed by atoms with Crippen LogP contribution in [0.2, 0.25) is 5.15 Å². The highest BCUT2D eigenvalue weighted by Gasteiger charge is 2.19. The molecule has 0 spiro atoms. The molecule has 2 aromatic carbocycles. The summed E-state index contributed by atoms with van der Waals surface area (Å²) in [5.74, 6) is -0.851. The fourth-order valence-corrected chi connectivity index (χ4v) is 4.64. The van der Waals surface area contributed by atoms with Crippen LogP contribution in [0.3, 0.4) is 0 Å². The summed E-state index contributed by atoms with van der Waals surface area (Å²) >= 11 is 12.5. The van der Waals surface area contributed by atoms with Crippen molar-refractivity contribution in [2.75, 3.05) is 5.73 Å². The summed E-state index contributed by atoms with van der Waals surface area (Å²) < 4.78 is 37.6. The Hall–Kier alpha value is -3.82. The van der Waals surface area contributed by atoms with E-state index in [1.807, 2.05) is 6.92 Å². The maximum Gasteiger partial charge on any atom is 0.312 e. The van der Waals surface area contributed by atoms with E-state index in [-0.39, 0.29) is 53.3 Å². The number of hydrogen-bond acceptors (Lipinski definition) is 10. The van der Waals surface area contributed by atoms with Crippen molar-refractivity contribution < 1.29 is 32.5 Å². The molecule has 16 heteroatoms. The number of ketones is 1. The van der Waals surface area contributed by atoms with Crippen LogP contribution in [0.4, 0.5) is 14.5 Å². The smallest absolute Gasteiger partial charge is 0.312 e. The molecular weight excluding hydrogens is 722 g/mol. The molecule has 3 aromatic heterocycles. The van der Waals surface area contributed by atoms with Crippen LogP contribution in [-0.2, 0) is 11.2 Å². The van der Waals surface area contributed by atoms with E-state index >= 15 is 0 Å². The third-order valence-electron chi connectivity index (χ3n) is 5.31. The number of nitrogen functional groups attached to an aromatic ring is 1. The van der Waals surface area contributed by atoms with Crippen LogP contribution in [-0.4, -0.2) is 42.1 Å². The third-order valence-corrected chi connectivity index (χ3v) is 6.50. The largest absolute Gasteiger partial charge is 0.481 e. The maximum atomic E-state index is 13.9. The number of pyridine rings is 1. The molecule has 0 bridgehead atoms. The summed E-state index contributed by atoms with van der Waals surface area (Å²) in [4.78, 5) is 32.9. The van der Waals surface area contributed by atoms with Gasteiger partial charge in [-0.1, -0.05) is 61.2 Å². The summed E-state index contributed by atoms with van der Waals surface area (Å²) in [6, 6.07) is 5.86. The molecule has 43 heavy (non-hydrogen) atoms. The number of halogens is 5. The molecule has 0 fully saturated rings. The second-order valence-corrected chi connectivity index (χ2v) is 10.7. The Labute approximate surface area is 266 Å². The number of aryl methyl sites for hydroxylation is 3. The summed E-state index contributed by atoms with van der Waals surface area (Å²) in [5, 5.41) is 16.2. The first-order valence-electron chi connectivity index (χ1n) is 11.7. The summed E-state index contributed by atoms with van der Waals surface area (Å²) in [6.45, 7) is 6.50. The standard InChI is InChI=1S/C13H8BrClFN3O.C8H7BrFNO.C5H6N2O3.CH4/c1-5-8-3-7(14)4-9(16)11(8)18-12(15)10(5)13-17-6(2)19-20-13;1-4(12)6-2-5(9)3-7(10)8(6)11;1-3-6-4(10-7-3)2-5(8)9;/h3-4H,1-2H3;2-3H,11H2,1H3;2H2,1H3,(H,8,9);1H4. The molecule has 0 amide bonds. The summed E-state index contributed by atoms with van der Waals surface area (Å²) in [7, 11) is 0. The van der Waals surface area contributed by atoms with E-state index in [2.05, 4.69) is 61.6 Å². The number of carbonyl (C=O) groups excluding carboxylic acids is 1. The van der Waals surface area contributed by atoms with Gasteiger partial charge in [0.05, 0.1) is 11.3 Å². The molecule has 228 valence electrons. The van der Waals surface area contributed by atoms with E-state index in [9.17, 15) is 18.4 Å². The van der Waals surface area contributed by atoms with Gasteiger partial charge in [-0.05, 0) is 57.5 Å². The number of aromatic nitrogens is 5. The van der Waals surface area contributed by atoms with Crippen LogP contribution in [0.1, 0.15) is 47.8 Å². The molecule has 0 aliphatic rings. The molecule has 3 heterocycles. The SMILES string of the molecule is C.CC(=O)c1cc(Br)cc(F)c1N.Cc1noc(-c2c(Cl)nc3c(F)cc(Br)cc3c2C)n1.Cc1noc(CC(=O)O)n1. The molecule has 0 saturated heterocycles. The summed E-state index contributed by atoms with van der Waals surface area (Å²) in [6.07, 6.45) is -0.208. The predicted molar refractivity (Wildman–Crippen MR) is 163 cm³/mol. The fourth-order valence-electron chi connectivity index (χ4n) is 3.47. The molecule has 5 rings (SSSR count). The number of fused-ring (bicyclic) bond motifs is 1. The number of carboxylic acid groups (broad SMARTS) is 1. The van der Waals surface area contributed by atoms with Gasteiger partial charge in [0.15, 0.2) is 23.2 Å². The van der Waals surface area contributed by atoms with Gasteiger partial charge in [0.2, 0.25) is 5.89 Å². The van der Waals surface area contributed by atoms with Crippen molar-refractivity contribution in [3.05, 3.63) is 78.7 Å². The first-order chi connectivity index (χ1) is 19.7. The lowest BCUT2D eigenvalue weighted by molar-refractivity contribution is -0.136. The van der Waals surface area contributed by atoms with Gasteiger partial charge < -0.3 is 19.9 Å². The van der Waals surface area contributed by atoms with E-state index in [4.69, 9.17) is 27.0 Å². The van der Waals surface area contributed by atoms with Gasteiger partial charge in [-0.15, -0.1) is 0 Å². The average molecular weight is 747 g/mol. The second-order valence-electron chi connectivity index (χ2n) is 8.54. The van der Waals surface area contributed by atoms with Crippen molar-refractivity contribution >= 4 is 71.8 Å². The Bertz CT molecular complexity index is 1800. The quantitative estimate of drug-likeness (QED) is 0.106. The highest BCUT2D eigenvalue weighted by molar-refractivity contribution is 9.10. The van der Waals surface area contributed by atoms with Gasteiger partial charge in [0.1, 0.15) is 22.9 Å². The van der Waals surface area contributed by atoms with Gasteiger partial charge in [0.25, 0.3) is 5.89 Å². The minimum Gasteiger partial charge on any atom is -0.481 e. The number of benzene rings is 2. The van der Waals surface area contributed by atoms with Crippen LogP contribution < -0.4 is 5.73 Å². The van der Waals surface area contributed by atoms with Crippen LogP contribution >= 0.6 is 43.5 Å². The number of nitrogens with two attached hydrogens (primary N) is 1. The zero-order chi connectivity index (χ0) is 31.3. The van der Waals surface area contributed by atoms with Gasteiger partial charge in [-0.2, -0.15) is 9.97 Å². The first-order valence-corrected chi connectivity index (χ1v) is 13.7. The number of hydrogen-bond donors (Lipinski definition) is 2. The fraction of sp³-hybridized carbons (Fsp3) is 0.222. The zero-order valence-corrected chi connectivity index (χ0v) is 26.2. The van der Waals surface area contributed by atoms with Crippen molar-refractivity contribution in [2.24, 2.45) is 0 Å². The maximum absolute atomic E-state index is 13.9. The lowest BCUT2D eigenvalue weighted by Crippen LogP contribution is -2.02. The van der Waals surface area contributed by atoms with Crippen LogP contribution in [0.15, 0.2) is 42.3 Å².